The van der Waals surface area contributed by atoms with Gasteiger partial charge in [-0.1, -0.05) is 0 Å². The summed E-state index contributed by atoms with van der Waals surface area (Å²) in [6.07, 6.45) is 7.36. The number of imidazole rings is 1. The molecule has 4 heterocycles. The summed E-state index contributed by atoms with van der Waals surface area (Å²) in [5.74, 6) is 0.103. The first-order valence-corrected chi connectivity index (χ1v) is 13.5. The maximum atomic E-state index is 11.6. The number of hydrogen-bond acceptors (Lipinski definition) is 10. The molecule has 0 amide bonds. The van der Waals surface area contributed by atoms with E-state index in [0.717, 1.165) is 32.2 Å². The average Bonchev–Trinajstić information content (AvgIpc) is 3.45. The molecule has 3 atom stereocenters. The number of hydrogen-bond donors (Lipinski definition) is 1. The van der Waals surface area contributed by atoms with E-state index in [-0.39, 0.29) is 18.2 Å². The molecule has 1 aliphatic carbocycles. The van der Waals surface area contributed by atoms with Crippen molar-refractivity contribution in [1.29, 1.82) is 0 Å². The first kappa shape index (κ1) is 26.3. The lowest BCUT2D eigenvalue weighted by molar-refractivity contribution is -0.206. The number of nitrogen functional groups attached to an aromatic ring is 1. The average molecular weight is 517 g/mol. The van der Waals surface area contributed by atoms with Crippen LogP contribution < -0.4 is 5.73 Å². The number of anilines is 1. The quantitative estimate of drug-likeness (QED) is 0.471. The molecule has 2 aromatic rings. The van der Waals surface area contributed by atoms with E-state index < -0.39 is 11.5 Å². The van der Waals surface area contributed by atoms with Crippen LogP contribution in [0.15, 0.2) is 12.7 Å². The minimum atomic E-state index is -0.887. The fraction of sp³-hybridized carbons (Fsp3) is 0.769. The maximum absolute atomic E-state index is 11.6. The highest BCUT2D eigenvalue weighted by molar-refractivity contribution is 5.81. The van der Waals surface area contributed by atoms with Gasteiger partial charge in [0.05, 0.1) is 19.5 Å². The van der Waals surface area contributed by atoms with Gasteiger partial charge in [0.25, 0.3) is 0 Å². The SMILES string of the molecule is CCOC(=O)CCCC1CC(N(C[C@H]2OC[C@@]3(n4cnc5c(N)ncnc54)OC(C)(C)O[C@H]23)C(C)C)C1. The summed E-state index contributed by atoms with van der Waals surface area (Å²) >= 11 is 0. The van der Waals surface area contributed by atoms with Gasteiger partial charge in [0.15, 0.2) is 17.3 Å². The van der Waals surface area contributed by atoms with E-state index in [2.05, 4.69) is 33.7 Å². The van der Waals surface area contributed by atoms with Crippen LogP contribution >= 0.6 is 0 Å². The van der Waals surface area contributed by atoms with Crippen LogP contribution in [0.3, 0.4) is 0 Å². The van der Waals surface area contributed by atoms with Gasteiger partial charge in [0, 0.05) is 25.0 Å². The van der Waals surface area contributed by atoms with E-state index in [4.69, 9.17) is 24.7 Å². The zero-order valence-electron chi connectivity index (χ0n) is 22.6. The molecule has 11 heteroatoms. The monoisotopic (exact) mass is 516 g/mol. The van der Waals surface area contributed by atoms with E-state index in [9.17, 15) is 4.79 Å². The Labute approximate surface area is 218 Å². The van der Waals surface area contributed by atoms with Crippen LogP contribution in [0.1, 0.15) is 66.7 Å². The van der Waals surface area contributed by atoms with Crippen LogP contribution in [-0.2, 0) is 29.5 Å². The highest BCUT2D eigenvalue weighted by Gasteiger charge is 2.63. The summed E-state index contributed by atoms with van der Waals surface area (Å²) in [4.78, 5) is 27.2. The standard InChI is InChI=1S/C26H40N6O5/c1-6-34-20(33)9-7-8-17-10-18(11-17)31(16(2)3)12-19-22-26(13-35-19,37-25(4,5)36-22)32-15-30-21-23(27)28-14-29-24(21)32/h14-19,22H,6-13H2,1-5H3,(H2,27,28,29)/t17?,18?,19-,22-,26-/m1/s1. The molecule has 2 aliphatic heterocycles. The molecule has 37 heavy (non-hydrogen) atoms. The number of carbonyl (C=O) groups is 1. The van der Waals surface area contributed by atoms with Crippen molar-refractivity contribution in [3.05, 3.63) is 12.7 Å². The first-order chi connectivity index (χ1) is 17.6. The number of esters is 1. The van der Waals surface area contributed by atoms with Gasteiger partial charge in [0.2, 0.25) is 5.72 Å². The molecule has 0 aromatic carbocycles. The van der Waals surface area contributed by atoms with Gasteiger partial charge in [-0.3, -0.25) is 14.3 Å². The lowest BCUT2D eigenvalue weighted by Crippen LogP contribution is -2.53. The third-order valence-electron chi connectivity index (χ3n) is 7.92. The third-order valence-corrected chi connectivity index (χ3v) is 7.92. The number of ether oxygens (including phenoxy) is 4. The molecule has 2 aromatic heterocycles. The summed E-state index contributed by atoms with van der Waals surface area (Å²) in [5, 5.41) is 0. The van der Waals surface area contributed by atoms with E-state index in [0.29, 0.717) is 54.6 Å². The normalized spacial score (nSPS) is 30.7. The second-order valence-corrected chi connectivity index (χ2v) is 11.3. The lowest BCUT2D eigenvalue weighted by atomic mass is 9.76. The summed E-state index contributed by atoms with van der Waals surface area (Å²) in [7, 11) is 0. The molecule has 204 valence electrons. The Morgan fingerprint density at radius 1 is 1.30 bits per heavy atom. The number of nitrogens with zero attached hydrogens (tertiary/aromatic N) is 5. The smallest absolute Gasteiger partial charge is 0.305 e. The van der Waals surface area contributed by atoms with Gasteiger partial charge in [-0.05, 0) is 66.2 Å². The molecule has 3 fully saturated rings. The van der Waals surface area contributed by atoms with Crippen molar-refractivity contribution in [2.24, 2.45) is 5.92 Å². The van der Waals surface area contributed by atoms with E-state index in [1.807, 2.05) is 25.3 Å². The lowest BCUT2D eigenvalue weighted by Gasteiger charge is -2.46. The van der Waals surface area contributed by atoms with Crippen molar-refractivity contribution in [2.45, 2.75) is 103 Å². The Bertz CT molecular complexity index is 1120. The van der Waals surface area contributed by atoms with Gasteiger partial charge in [-0.25, -0.2) is 15.0 Å². The summed E-state index contributed by atoms with van der Waals surface area (Å²) in [5.41, 5.74) is 6.31. The molecule has 5 rings (SSSR count). The molecule has 0 spiro atoms. The highest BCUT2D eigenvalue weighted by atomic mass is 16.8. The van der Waals surface area contributed by atoms with Crippen LogP contribution in [0, 0.1) is 5.92 Å². The Hall–Kier alpha value is -2.34. The van der Waals surface area contributed by atoms with Crippen LogP contribution in [0.2, 0.25) is 0 Å². The van der Waals surface area contributed by atoms with E-state index in [1.54, 1.807) is 6.33 Å². The first-order valence-electron chi connectivity index (χ1n) is 13.5. The van der Waals surface area contributed by atoms with Crippen molar-refractivity contribution in [2.75, 3.05) is 25.5 Å². The van der Waals surface area contributed by atoms with E-state index in [1.165, 1.54) is 6.33 Å². The Morgan fingerprint density at radius 3 is 2.81 bits per heavy atom. The predicted molar refractivity (Wildman–Crippen MR) is 136 cm³/mol. The second-order valence-electron chi connectivity index (χ2n) is 11.3. The minimum Gasteiger partial charge on any atom is -0.466 e. The minimum absolute atomic E-state index is 0.0921. The number of nitrogens with two attached hydrogens (primary N) is 1. The largest absolute Gasteiger partial charge is 0.466 e. The summed E-state index contributed by atoms with van der Waals surface area (Å²) < 4.78 is 26.4. The molecule has 1 saturated carbocycles. The Balaban J connectivity index is 1.27. The highest BCUT2D eigenvalue weighted by Crippen LogP contribution is 2.48. The molecule has 2 N–H and O–H groups in total. The molecule has 0 radical (unpaired) electrons. The van der Waals surface area contributed by atoms with Gasteiger partial charge >= 0.3 is 5.97 Å². The van der Waals surface area contributed by atoms with Gasteiger partial charge in [0.1, 0.15) is 24.1 Å². The van der Waals surface area contributed by atoms with Crippen LogP contribution in [0.4, 0.5) is 5.82 Å². The molecule has 0 unspecified atom stereocenters. The number of carbonyl (C=O) groups excluding carboxylic acids is 1. The van der Waals surface area contributed by atoms with Gasteiger partial charge in [-0.2, -0.15) is 0 Å². The zero-order chi connectivity index (χ0) is 26.4. The molecule has 0 bridgehead atoms. The number of aromatic nitrogens is 4. The molecule has 2 saturated heterocycles. The van der Waals surface area contributed by atoms with Crippen molar-refractivity contribution >= 4 is 23.0 Å². The fourth-order valence-electron chi connectivity index (χ4n) is 6.20. The summed E-state index contributed by atoms with van der Waals surface area (Å²) in [6.45, 7) is 11.7. The van der Waals surface area contributed by atoms with Crippen LogP contribution in [-0.4, -0.2) is 80.2 Å². The number of rotatable bonds is 10. The molecular weight excluding hydrogens is 476 g/mol. The second kappa shape index (κ2) is 10.1. The van der Waals surface area contributed by atoms with Gasteiger partial charge in [-0.15, -0.1) is 0 Å². The Kier molecular flexibility index (Phi) is 7.16. The number of fused-ring (bicyclic) bond motifs is 2. The Morgan fingerprint density at radius 2 is 2.08 bits per heavy atom. The molecular formula is C26H40N6O5. The van der Waals surface area contributed by atoms with Crippen LogP contribution in [0.25, 0.3) is 11.2 Å². The van der Waals surface area contributed by atoms with Crippen molar-refractivity contribution in [3.63, 3.8) is 0 Å². The summed E-state index contributed by atoms with van der Waals surface area (Å²) in [6, 6.07) is 0.851. The van der Waals surface area contributed by atoms with E-state index >= 15 is 0 Å². The van der Waals surface area contributed by atoms with Gasteiger partial charge < -0.3 is 24.7 Å². The van der Waals surface area contributed by atoms with Crippen molar-refractivity contribution in [1.82, 2.24) is 24.4 Å². The zero-order valence-corrected chi connectivity index (χ0v) is 22.6. The predicted octanol–water partition coefficient (Wildman–Crippen LogP) is 2.83. The van der Waals surface area contributed by atoms with Crippen molar-refractivity contribution in [3.8, 4) is 0 Å². The van der Waals surface area contributed by atoms with Crippen molar-refractivity contribution < 1.29 is 23.7 Å². The maximum Gasteiger partial charge on any atom is 0.305 e. The molecule has 11 nitrogen and oxygen atoms in total. The molecule has 3 aliphatic rings. The fourth-order valence-corrected chi connectivity index (χ4v) is 6.20. The topological polar surface area (TPSA) is 127 Å². The van der Waals surface area contributed by atoms with Crippen LogP contribution in [0.5, 0.6) is 0 Å². The third kappa shape index (κ3) is 4.94.